The minimum absolute atomic E-state index is 0.118. The zero-order chi connectivity index (χ0) is 14.5. The number of carbonyl (C=O) groups excluding carboxylic acids is 1. The van der Waals surface area contributed by atoms with E-state index in [1.165, 1.54) is 12.8 Å². The van der Waals surface area contributed by atoms with E-state index in [0.29, 0.717) is 38.5 Å². The standard InChI is InChI=1S/C15H26N2O3/c1-11-2-4-13(5-3-11)16-10-14(18)17-8-6-12(7-9-17)15(19)20/h11-13,16H,2-10H2,1H3,(H,19,20). The number of nitrogens with one attached hydrogen (secondary N) is 1. The average molecular weight is 282 g/mol. The summed E-state index contributed by atoms with van der Waals surface area (Å²) in [5.41, 5.74) is 0. The van der Waals surface area contributed by atoms with Crippen molar-refractivity contribution >= 4 is 11.9 Å². The minimum Gasteiger partial charge on any atom is -0.481 e. The van der Waals surface area contributed by atoms with E-state index in [2.05, 4.69) is 12.2 Å². The lowest BCUT2D eigenvalue weighted by atomic mass is 9.87. The Hall–Kier alpha value is -1.10. The van der Waals surface area contributed by atoms with Crippen LogP contribution in [0.2, 0.25) is 0 Å². The highest BCUT2D eigenvalue weighted by molar-refractivity contribution is 5.79. The maximum atomic E-state index is 12.1. The highest BCUT2D eigenvalue weighted by Crippen LogP contribution is 2.23. The Labute approximate surface area is 120 Å². The fourth-order valence-corrected chi connectivity index (χ4v) is 3.18. The molecule has 0 unspecified atom stereocenters. The summed E-state index contributed by atoms with van der Waals surface area (Å²) in [6.07, 6.45) is 5.99. The van der Waals surface area contributed by atoms with Gasteiger partial charge in [0.1, 0.15) is 0 Å². The molecular weight excluding hydrogens is 256 g/mol. The van der Waals surface area contributed by atoms with Crippen molar-refractivity contribution in [3.8, 4) is 0 Å². The summed E-state index contributed by atoms with van der Waals surface area (Å²) >= 11 is 0. The van der Waals surface area contributed by atoms with E-state index in [9.17, 15) is 9.59 Å². The van der Waals surface area contributed by atoms with Crippen molar-refractivity contribution in [1.29, 1.82) is 0 Å². The van der Waals surface area contributed by atoms with Crippen LogP contribution in [0.5, 0.6) is 0 Å². The number of rotatable bonds is 4. The third kappa shape index (κ3) is 4.20. The molecule has 1 saturated heterocycles. The van der Waals surface area contributed by atoms with Crippen LogP contribution in [0.1, 0.15) is 45.4 Å². The van der Waals surface area contributed by atoms with Gasteiger partial charge in [0.25, 0.3) is 0 Å². The summed E-state index contributed by atoms with van der Waals surface area (Å²) in [4.78, 5) is 24.8. The lowest BCUT2D eigenvalue weighted by Gasteiger charge is -2.32. The van der Waals surface area contributed by atoms with E-state index in [0.717, 1.165) is 18.8 Å². The van der Waals surface area contributed by atoms with E-state index in [1.807, 2.05) is 0 Å². The van der Waals surface area contributed by atoms with Crippen LogP contribution >= 0.6 is 0 Å². The molecule has 1 heterocycles. The van der Waals surface area contributed by atoms with Gasteiger partial charge < -0.3 is 15.3 Å². The Balaban J connectivity index is 1.67. The van der Waals surface area contributed by atoms with Gasteiger partial charge in [0.2, 0.25) is 5.91 Å². The van der Waals surface area contributed by atoms with Crippen molar-refractivity contribution in [3.63, 3.8) is 0 Å². The van der Waals surface area contributed by atoms with Gasteiger partial charge in [0, 0.05) is 19.1 Å². The molecule has 2 fully saturated rings. The molecule has 1 amide bonds. The fourth-order valence-electron chi connectivity index (χ4n) is 3.18. The van der Waals surface area contributed by atoms with E-state index in [-0.39, 0.29) is 11.8 Å². The molecule has 0 aromatic carbocycles. The number of hydrogen-bond donors (Lipinski definition) is 2. The van der Waals surface area contributed by atoms with Crippen LogP contribution in [-0.4, -0.2) is 47.6 Å². The minimum atomic E-state index is -0.730. The molecule has 0 aromatic heterocycles. The van der Waals surface area contributed by atoms with Crippen LogP contribution < -0.4 is 5.32 Å². The Morgan fingerprint density at radius 3 is 2.25 bits per heavy atom. The molecule has 0 atom stereocenters. The van der Waals surface area contributed by atoms with E-state index in [1.54, 1.807) is 4.90 Å². The predicted molar refractivity (Wildman–Crippen MR) is 76.4 cm³/mol. The third-order valence-electron chi connectivity index (χ3n) is 4.75. The van der Waals surface area contributed by atoms with E-state index >= 15 is 0 Å². The van der Waals surface area contributed by atoms with E-state index < -0.39 is 5.97 Å². The van der Waals surface area contributed by atoms with Crippen LogP contribution in [0, 0.1) is 11.8 Å². The average Bonchev–Trinajstić information content (AvgIpc) is 2.46. The van der Waals surface area contributed by atoms with E-state index in [4.69, 9.17) is 5.11 Å². The summed E-state index contributed by atoms with van der Waals surface area (Å²) in [6, 6.07) is 0.478. The molecule has 0 radical (unpaired) electrons. The summed E-state index contributed by atoms with van der Waals surface area (Å²) in [5, 5.41) is 12.3. The van der Waals surface area contributed by atoms with Gasteiger partial charge in [0.15, 0.2) is 0 Å². The quantitative estimate of drug-likeness (QED) is 0.819. The zero-order valence-electron chi connectivity index (χ0n) is 12.3. The smallest absolute Gasteiger partial charge is 0.306 e. The number of carboxylic acid groups (broad SMARTS) is 1. The largest absolute Gasteiger partial charge is 0.481 e. The first-order valence-electron chi connectivity index (χ1n) is 7.80. The predicted octanol–water partition coefficient (Wildman–Crippen LogP) is 1.48. The van der Waals surface area contributed by atoms with Crippen molar-refractivity contribution in [2.45, 2.75) is 51.5 Å². The first-order chi connectivity index (χ1) is 9.56. The Morgan fingerprint density at radius 2 is 1.70 bits per heavy atom. The number of piperidine rings is 1. The first-order valence-corrected chi connectivity index (χ1v) is 7.80. The van der Waals surface area contributed by atoms with Gasteiger partial charge in [-0.2, -0.15) is 0 Å². The second kappa shape index (κ2) is 7.07. The number of likely N-dealkylation sites (tertiary alicyclic amines) is 1. The Kier molecular flexibility index (Phi) is 5.40. The fraction of sp³-hybridized carbons (Fsp3) is 0.867. The van der Waals surface area contributed by atoms with Crippen LogP contribution in [0.4, 0.5) is 0 Å². The van der Waals surface area contributed by atoms with Crippen molar-refractivity contribution in [3.05, 3.63) is 0 Å². The van der Waals surface area contributed by atoms with Gasteiger partial charge in [-0.3, -0.25) is 9.59 Å². The molecule has 0 spiro atoms. The monoisotopic (exact) mass is 282 g/mol. The second-order valence-electron chi connectivity index (χ2n) is 6.33. The number of hydrogen-bond acceptors (Lipinski definition) is 3. The Bertz CT molecular complexity index is 343. The summed E-state index contributed by atoms with van der Waals surface area (Å²) in [7, 11) is 0. The topological polar surface area (TPSA) is 69.6 Å². The second-order valence-corrected chi connectivity index (χ2v) is 6.33. The summed E-state index contributed by atoms with van der Waals surface area (Å²) in [6.45, 7) is 3.85. The normalized spacial score (nSPS) is 28.4. The van der Waals surface area contributed by atoms with Crippen LogP contribution in [-0.2, 0) is 9.59 Å². The molecule has 0 bridgehead atoms. The number of aliphatic carboxylic acids is 1. The molecule has 1 saturated carbocycles. The lowest BCUT2D eigenvalue weighted by Crippen LogP contribution is -2.46. The molecule has 0 aromatic rings. The van der Waals surface area contributed by atoms with Gasteiger partial charge in [-0.05, 0) is 44.4 Å². The van der Waals surface area contributed by atoms with Crippen molar-refractivity contribution in [1.82, 2.24) is 10.2 Å². The Morgan fingerprint density at radius 1 is 1.10 bits per heavy atom. The van der Waals surface area contributed by atoms with Crippen LogP contribution in [0.3, 0.4) is 0 Å². The first kappa shape index (κ1) is 15.3. The van der Waals surface area contributed by atoms with Gasteiger partial charge in [-0.25, -0.2) is 0 Å². The molecule has 5 nitrogen and oxygen atoms in total. The van der Waals surface area contributed by atoms with Crippen molar-refractivity contribution in [2.75, 3.05) is 19.6 Å². The SMILES string of the molecule is CC1CCC(NCC(=O)N2CCC(C(=O)O)CC2)CC1. The maximum Gasteiger partial charge on any atom is 0.306 e. The van der Waals surface area contributed by atoms with Crippen LogP contribution in [0.25, 0.3) is 0 Å². The third-order valence-corrected chi connectivity index (χ3v) is 4.75. The van der Waals surface area contributed by atoms with Crippen molar-refractivity contribution in [2.24, 2.45) is 11.8 Å². The molecule has 114 valence electrons. The molecule has 2 N–H and O–H groups in total. The number of carboxylic acids is 1. The number of nitrogens with zero attached hydrogens (tertiary/aromatic N) is 1. The lowest BCUT2D eigenvalue weighted by molar-refractivity contribution is -0.145. The van der Waals surface area contributed by atoms with Gasteiger partial charge in [0.05, 0.1) is 12.5 Å². The molecule has 2 aliphatic rings. The summed E-state index contributed by atoms with van der Waals surface area (Å²) < 4.78 is 0. The number of amides is 1. The highest BCUT2D eigenvalue weighted by atomic mass is 16.4. The van der Waals surface area contributed by atoms with Gasteiger partial charge in [-0.15, -0.1) is 0 Å². The van der Waals surface area contributed by atoms with Crippen LogP contribution in [0.15, 0.2) is 0 Å². The molecule has 1 aliphatic heterocycles. The highest BCUT2D eigenvalue weighted by Gasteiger charge is 2.27. The maximum absolute atomic E-state index is 12.1. The molecule has 5 heteroatoms. The molecule has 2 rings (SSSR count). The summed E-state index contributed by atoms with van der Waals surface area (Å²) in [5.74, 6) is -0.0651. The van der Waals surface area contributed by atoms with Gasteiger partial charge >= 0.3 is 5.97 Å². The molecular formula is C15H26N2O3. The molecule has 1 aliphatic carbocycles. The number of carbonyl (C=O) groups is 2. The van der Waals surface area contributed by atoms with Crippen molar-refractivity contribution < 1.29 is 14.7 Å². The zero-order valence-corrected chi connectivity index (χ0v) is 12.3. The van der Waals surface area contributed by atoms with Gasteiger partial charge in [-0.1, -0.05) is 6.92 Å². The molecule has 20 heavy (non-hydrogen) atoms.